The minimum Gasteiger partial charge on any atom is -0.573 e. The van der Waals surface area contributed by atoms with E-state index in [1.54, 1.807) is 31.2 Å². The van der Waals surface area contributed by atoms with Crippen molar-refractivity contribution in [3.05, 3.63) is 89.4 Å². The summed E-state index contributed by atoms with van der Waals surface area (Å²) in [7, 11) is 0. The van der Waals surface area contributed by atoms with Crippen LogP contribution in [0.3, 0.4) is 0 Å². The van der Waals surface area contributed by atoms with Gasteiger partial charge in [-0.1, -0.05) is 35.0 Å². The third-order valence-electron chi connectivity index (χ3n) is 3.96. The van der Waals surface area contributed by atoms with Gasteiger partial charge >= 0.3 is 6.18 Å². The Morgan fingerprint density at radius 2 is 1.55 bits per heavy atom. The van der Waals surface area contributed by atoms with Gasteiger partial charge in [-0.05, 0) is 36.9 Å². The maximum atomic E-state index is 13.4. The van der Waals surface area contributed by atoms with Gasteiger partial charge in [-0.3, -0.25) is 13.8 Å². The van der Waals surface area contributed by atoms with E-state index >= 15 is 0 Å². The second-order valence-corrected chi connectivity index (χ2v) is 6.30. The van der Waals surface area contributed by atoms with Gasteiger partial charge < -0.3 is 15.2 Å². The summed E-state index contributed by atoms with van der Waals surface area (Å²) >= 11 is 0. The van der Waals surface area contributed by atoms with Gasteiger partial charge in [-0.2, -0.15) is 13.2 Å². The van der Waals surface area contributed by atoms with E-state index in [0.29, 0.717) is 5.69 Å². The molecule has 0 bridgehead atoms. The van der Waals surface area contributed by atoms with Crippen molar-refractivity contribution < 1.29 is 50.8 Å². The molecule has 0 spiro atoms. The van der Waals surface area contributed by atoms with Crippen molar-refractivity contribution in [2.45, 2.75) is 13.1 Å². The molecule has 4 rings (SSSR count). The van der Waals surface area contributed by atoms with E-state index in [1.807, 2.05) is 6.07 Å². The number of benzene rings is 1. The molecule has 0 fully saturated rings. The van der Waals surface area contributed by atoms with E-state index < -0.39 is 40.7 Å². The number of alkyl halides is 3. The predicted molar refractivity (Wildman–Crippen MR) is 98.9 cm³/mol. The van der Waals surface area contributed by atoms with Crippen LogP contribution in [0.4, 0.5) is 30.7 Å². The zero-order valence-electron chi connectivity index (χ0n) is 16.4. The van der Waals surface area contributed by atoms with Crippen LogP contribution in [0.5, 0.6) is 0 Å². The Labute approximate surface area is 196 Å². The van der Waals surface area contributed by atoms with E-state index in [2.05, 4.69) is 20.2 Å². The van der Waals surface area contributed by atoms with E-state index in [4.69, 9.17) is 0 Å². The van der Waals surface area contributed by atoms with Crippen molar-refractivity contribution >= 4 is 0 Å². The fraction of sp³-hybridized carbons (Fsp3) is 0.0952. The molecule has 1 radical (unpaired) electrons. The fourth-order valence-electron chi connectivity index (χ4n) is 2.44. The summed E-state index contributed by atoms with van der Waals surface area (Å²) in [5.74, 6) is -6.80. The summed E-state index contributed by atoms with van der Waals surface area (Å²) in [6.45, 7) is 1.71. The van der Waals surface area contributed by atoms with Crippen LogP contribution in [0.1, 0.15) is 11.3 Å². The van der Waals surface area contributed by atoms with Gasteiger partial charge in [-0.15, -0.1) is 0 Å². The Kier molecular flexibility index (Phi) is 8.45. The molecule has 4 nitrogen and oxygen atoms in total. The Morgan fingerprint density at radius 3 is 2.12 bits per heavy atom. The van der Waals surface area contributed by atoms with Gasteiger partial charge in [0.25, 0.3) is 0 Å². The first-order valence-corrected chi connectivity index (χ1v) is 8.75. The summed E-state index contributed by atoms with van der Waals surface area (Å²) in [6.07, 6.45) is -1.62. The third-order valence-corrected chi connectivity index (χ3v) is 3.96. The van der Waals surface area contributed by atoms with Crippen LogP contribution in [0, 0.1) is 36.3 Å². The Bertz CT molecular complexity index is 1230. The molecule has 3 aromatic heterocycles. The average molecular weight is 645 g/mol. The number of pyridine rings is 2. The Morgan fingerprint density at radius 1 is 0.848 bits per heavy atom. The van der Waals surface area contributed by atoms with Crippen molar-refractivity contribution in [1.82, 2.24) is 20.2 Å². The van der Waals surface area contributed by atoms with Crippen molar-refractivity contribution in [3.63, 3.8) is 0 Å². The number of halogens is 7. The van der Waals surface area contributed by atoms with Crippen LogP contribution in [0.15, 0.2) is 48.8 Å². The molecule has 0 amide bonds. The standard InChI is InChI=1S/C12H6F4N.C9H5F3N3.Ir/c1-6-2-3-17-9(4-6)7-5-8(13)11(15)12(16)10(7)14;10-9(11,12)8-5-7(14-15-8)6-3-1-2-4-13-6;/h2-4H,1H3;1-5H;/q2*-1;. The second-order valence-electron chi connectivity index (χ2n) is 6.30. The molecule has 175 valence electrons. The Hall–Kier alpha value is -3.11. The van der Waals surface area contributed by atoms with Crippen molar-refractivity contribution in [3.8, 4) is 22.6 Å². The van der Waals surface area contributed by atoms with Gasteiger partial charge in [0.15, 0.2) is 0 Å². The van der Waals surface area contributed by atoms with Crippen LogP contribution < -0.4 is 5.10 Å². The monoisotopic (exact) mass is 645 g/mol. The van der Waals surface area contributed by atoms with Crippen molar-refractivity contribution in [2.75, 3.05) is 0 Å². The summed E-state index contributed by atoms with van der Waals surface area (Å²) in [6, 6.07) is 10.7. The summed E-state index contributed by atoms with van der Waals surface area (Å²) in [5, 5.41) is 6.47. The van der Waals surface area contributed by atoms with Gasteiger partial charge in [-0.25, -0.2) is 8.78 Å². The molecule has 33 heavy (non-hydrogen) atoms. The number of rotatable bonds is 2. The van der Waals surface area contributed by atoms with Crippen LogP contribution in [0.2, 0.25) is 0 Å². The molecular weight excluding hydrogens is 633 g/mol. The molecule has 0 saturated heterocycles. The molecule has 0 N–H and O–H groups in total. The van der Waals surface area contributed by atoms with Crippen LogP contribution in [-0.2, 0) is 26.3 Å². The minimum absolute atomic E-state index is 0. The Balaban J connectivity index is 0.000000228. The number of aromatic nitrogens is 4. The first-order valence-electron chi connectivity index (χ1n) is 8.75. The maximum absolute atomic E-state index is 13.4. The largest absolute Gasteiger partial charge is 0.573 e. The molecule has 0 aliphatic carbocycles. The molecule has 0 aliphatic heterocycles. The van der Waals surface area contributed by atoms with Crippen molar-refractivity contribution in [1.29, 1.82) is 0 Å². The smallest absolute Gasteiger partial charge is 0.431 e. The number of nitrogens with zero attached hydrogens (tertiary/aromatic N) is 4. The van der Waals surface area contributed by atoms with E-state index in [9.17, 15) is 30.7 Å². The summed E-state index contributed by atoms with van der Waals surface area (Å²) in [5.41, 5.74) is -0.287. The SMILES string of the molecule is Cc1ccnc(-c2[c-]c(F)c(F)c(F)c2F)c1.FC(F)(F)c1cc(-c2ccccn2)[n-]n1.[Ir]. The topological polar surface area (TPSA) is 52.8 Å². The summed E-state index contributed by atoms with van der Waals surface area (Å²) in [4.78, 5) is 7.63. The van der Waals surface area contributed by atoms with Gasteiger partial charge in [0.05, 0.1) is 11.6 Å². The van der Waals surface area contributed by atoms with Crippen LogP contribution >= 0.6 is 0 Å². The van der Waals surface area contributed by atoms with Crippen LogP contribution in [0.25, 0.3) is 22.6 Å². The van der Waals surface area contributed by atoms with E-state index in [-0.39, 0.29) is 31.5 Å². The number of aryl methyl sites for hydroxylation is 1. The molecule has 12 heteroatoms. The molecule has 0 unspecified atom stereocenters. The molecular formula is C21H11F7IrN4-2. The fourth-order valence-corrected chi connectivity index (χ4v) is 2.44. The molecule has 4 aromatic rings. The second kappa shape index (κ2) is 10.7. The average Bonchev–Trinajstić information content (AvgIpc) is 3.27. The van der Waals surface area contributed by atoms with Crippen molar-refractivity contribution in [2.24, 2.45) is 0 Å². The maximum Gasteiger partial charge on any atom is 0.431 e. The molecule has 0 aliphatic rings. The zero-order valence-corrected chi connectivity index (χ0v) is 18.8. The quantitative estimate of drug-likeness (QED) is 0.125. The molecule has 0 saturated carbocycles. The normalized spacial score (nSPS) is 10.8. The summed E-state index contributed by atoms with van der Waals surface area (Å²) < 4.78 is 88.7. The van der Waals surface area contributed by atoms with Gasteiger partial charge in [0.1, 0.15) is 17.3 Å². The molecule has 0 atom stereocenters. The van der Waals surface area contributed by atoms with Crippen LogP contribution in [-0.4, -0.2) is 15.1 Å². The van der Waals surface area contributed by atoms with E-state index in [1.165, 1.54) is 18.5 Å². The first kappa shape index (κ1) is 26.1. The molecule has 3 heterocycles. The number of hydrogen-bond donors (Lipinski definition) is 0. The first-order chi connectivity index (χ1) is 15.1. The minimum atomic E-state index is -4.46. The van der Waals surface area contributed by atoms with Gasteiger partial charge in [0.2, 0.25) is 0 Å². The number of hydrogen-bond acceptors (Lipinski definition) is 3. The molecule has 1 aromatic carbocycles. The van der Waals surface area contributed by atoms with E-state index in [0.717, 1.165) is 11.6 Å². The third kappa shape index (κ3) is 6.23. The predicted octanol–water partition coefficient (Wildman–Crippen LogP) is 5.53. The zero-order chi connectivity index (χ0) is 23.5. The van der Waals surface area contributed by atoms with Gasteiger partial charge in [0, 0.05) is 38.2 Å².